The molecule has 0 saturated carbocycles. The average molecular weight is 453 g/mol. The molecule has 8 heteroatoms. The molecule has 0 aromatic heterocycles. The molecule has 0 aliphatic rings. The van der Waals surface area contributed by atoms with E-state index in [0.717, 1.165) is 11.1 Å². The minimum Gasteiger partial charge on any atom is -0.457 e. The van der Waals surface area contributed by atoms with Crippen molar-refractivity contribution in [2.75, 3.05) is 6.61 Å². The van der Waals surface area contributed by atoms with Crippen molar-refractivity contribution in [1.82, 2.24) is 0 Å². The molecule has 2 rings (SSSR count). The predicted octanol–water partition coefficient (Wildman–Crippen LogP) is 2.19. The monoisotopic (exact) mass is 452 g/mol. The first-order valence-electron chi connectivity index (χ1n) is 9.55. The van der Waals surface area contributed by atoms with Gasteiger partial charge in [-0.05, 0) is 11.1 Å². The van der Waals surface area contributed by atoms with Crippen molar-refractivity contribution < 1.29 is 30.0 Å². The SMILES string of the molecule is CC(=O)O[C@@H]([C@H](O)[C@H](O)CO)[C@H](O)C(SCc1ccccc1)SCc1ccccc1. The number of hydrogen-bond donors (Lipinski definition) is 4. The summed E-state index contributed by atoms with van der Waals surface area (Å²) in [7, 11) is 0. The fourth-order valence-electron chi connectivity index (χ4n) is 2.77. The van der Waals surface area contributed by atoms with Gasteiger partial charge in [0.05, 0.1) is 11.2 Å². The summed E-state index contributed by atoms with van der Waals surface area (Å²) in [5.41, 5.74) is 2.14. The number of esters is 1. The van der Waals surface area contributed by atoms with Gasteiger partial charge in [0.2, 0.25) is 0 Å². The third-order valence-electron chi connectivity index (χ3n) is 4.35. The Morgan fingerprint density at radius 2 is 1.33 bits per heavy atom. The Morgan fingerprint density at radius 3 is 1.73 bits per heavy atom. The van der Waals surface area contributed by atoms with Crippen molar-refractivity contribution in [2.45, 2.75) is 47.4 Å². The van der Waals surface area contributed by atoms with Crippen LogP contribution in [0.15, 0.2) is 60.7 Å². The third kappa shape index (κ3) is 7.94. The van der Waals surface area contributed by atoms with Crippen LogP contribution in [-0.4, -0.2) is 62.0 Å². The van der Waals surface area contributed by atoms with Crippen molar-refractivity contribution in [3.8, 4) is 0 Å². The molecule has 0 heterocycles. The van der Waals surface area contributed by atoms with Gasteiger partial charge in [0, 0.05) is 18.4 Å². The Kier molecular flexibility index (Phi) is 10.7. The normalized spacial score (nSPS) is 15.4. The van der Waals surface area contributed by atoms with Gasteiger partial charge in [0.15, 0.2) is 6.10 Å². The minimum atomic E-state index is -1.62. The lowest BCUT2D eigenvalue weighted by molar-refractivity contribution is -0.170. The molecule has 0 aliphatic carbocycles. The van der Waals surface area contributed by atoms with Gasteiger partial charge < -0.3 is 25.2 Å². The second kappa shape index (κ2) is 13.0. The lowest BCUT2D eigenvalue weighted by Gasteiger charge is -2.33. The number of ether oxygens (including phenoxy) is 1. The molecule has 0 radical (unpaired) electrons. The van der Waals surface area contributed by atoms with E-state index in [-0.39, 0.29) is 0 Å². The summed E-state index contributed by atoms with van der Waals surface area (Å²) in [6.45, 7) is 0.450. The zero-order valence-corrected chi connectivity index (χ0v) is 18.3. The van der Waals surface area contributed by atoms with Crippen LogP contribution < -0.4 is 0 Å². The summed E-state index contributed by atoms with van der Waals surface area (Å²) in [4.78, 5) is 11.6. The van der Waals surface area contributed by atoms with E-state index in [1.54, 1.807) is 0 Å². The summed E-state index contributed by atoms with van der Waals surface area (Å²) >= 11 is 2.92. The molecule has 30 heavy (non-hydrogen) atoms. The Labute approximate surface area is 185 Å². The van der Waals surface area contributed by atoms with E-state index in [1.807, 2.05) is 60.7 Å². The summed E-state index contributed by atoms with van der Waals surface area (Å²) in [5.74, 6) is 0.522. The summed E-state index contributed by atoms with van der Waals surface area (Å²) in [6.07, 6.45) is -5.80. The highest BCUT2D eigenvalue weighted by Gasteiger charge is 2.39. The van der Waals surface area contributed by atoms with Crippen molar-refractivity contribution >= 4 is 29.5 Å². The van der Waals surface area contributed by atoms with Gasteiger partial charge in [-0.1, -0.05) is 60.7 Å². The van der Waals surface area contributed by atoms with Crippen LogP contribution in [0.1, 0.15) is 18.1 Å². The number of hydrogen-bond acceptors (Lipinski definition) is 8. The molecule has 0 spiro atoms. The van der Waals surface area contributed by atoms with E-state index in [4.69, 9.17) is 4.74 Å². The summed E-state index contributed by atoms with van der Waals surface area (Å²) < 4.78 is 4.68. The quantitative estimate of drug-likeness (QED) is 0.287. The molecular formula is C22H28O6S2. The predicted molar refractivity (Wildman–Crippen MR) is 120 cm³/mol. The van der Waals surface area contributed by atoms with Gasteiger partial charge in [0.25, 0.3) is 0 Å². The number of carbonyl (C=O) groups is 1. The van der Waals surface area contributed by atoms with Crippen molar-refractivity contribution in [3.05, 3.63) is 71.8 Å². The smallest absolute Gasteiger partial charge is 0.303 e. The molecule has 4 N–H and O–H groups in total. The molecule has 2 aromatic rings. The number of carbonyl (C=O) groups excluding carboxylic acids is 1. The van der Waals surface area contributed by atoms with E-state index in [0.29, 0.717) is 11.5 Å². The van der Waals surface area contributed by atoms with Gasteiger partial charge in [-0.2, -0.15) is 0 Å². The second-order valence-electron chi connectivity index (χ2n) is 6.77. The van der Waals surface area contributed by atoms with E-state index >= 15 is 0 Å². The lowest BCUT2D eigenvalue weighted by Crippen LogP contribution is -2.50. The molecule has 4 atom stereocenters. The van der Waals surface area contributed by atoms with Crippen LogP contribution in [0.2, 0.25) is 0 Å². The number of thioether (sulfide) groups is 2. The highest BCUT2D eigenvalue weighted by Crippen LogP contribution is 2.34. The first-order valence-corrected chi connectivity index (χ1v) is 11.7. The van der Waals surface area contributed by atoms with Crippen LogP contribution in [0.3, 0.4) is 0 Å². The Bertz CT molecular complexity index is 702. The van der Waals surface area contributed by atoms with Crippen LogP contribution in [0.5, 0.6) is 0 Å². The van der Waals surface area contributed by atoms with E-state index in [2.05, 4.69) is 0 Å². The Morgan fingerprint density at radius 1 is 0.867 bits per heavy atom. The standard InChI is InChI=1S/C22H28O6S2/c1-15(24)28-21(19(26)18(25)12-23)20(27)22(29-13-16-8-4-2-5-9-16)30-14-17-10-6-3-7-11-17/h2-11,18-23,25-27H,12-14H2,1H3/t18-,19-,20+,21+/m1/s1. The van der Waals surface area contributed by atoms with Crippen molar-refractivity contribution in [3.63, 3.8) is 0 Å². The Balaban J connectivity index is 2.17. The Hall–Kier alpha value is -1.55. The molecule has 0 fully saturated rings. The van der Waals surface area contributed by atoms with Crippen molar-refractivity contribution in [1.29, 1.82) is 0 Å². The number of aliphatic hydroxyl groups excluding tert-OH is 4. The van der Waals surface area contributed by atoms with Gasteiger partial charge in [-0.3, -0.25) is 4.79 Å². The number of aliphatic hydroxyl groups is 4. The van der Waals surface area contributed by atoms with Gasteiger partial charge in [0.1, 0.15) is 18.3 Å². The zero-order valence-electron chi connectivity index (χ0n) is 16.7. The molecule has 6 nitrogen and oxygen atoms in total. The molecule has 0 saturated heterocycles. The second-order valence-corrected chi connectivity index (χ2v) is 9.32. The molecule has 0 unspecified atom stereocenters. The zero-order chi connectivity index (χ0) is 21.9. The minimum absolute atomic E-state index is 0.463. The largest absolute Gasteiger partial charge is 0.457 e. The lowest BCUT2D eigenvalue weighted by atomic mass is 10.0. The summed E-state index contributed by atoms with van der Waals surface area (Å²) in [6, 6.07) is 19.5. The van der Waals surface area contributed by atoms with E-state index in [9.17, 15) is 25.2 Å². The van der Waals surface area contributed by atoms with E-state index < -0.39 is 41.6 Å². The number of benzene rings is 2. The van der Waals surface area contributed by atoms with Crippen LogP contribution in [0.4, 0.5) is 0 Å². The molecule has 0 aliphatic heterocycles. The average Bonchev–Trinajstić information content (AvgIpc) is 2.77. The summed E-state index contributed by atoms with van der Waals surface area (Å²) in [5, 5.41) is 40.4. The maximum atomic E-state index is 11.6. The van der Waals surface area contributed by atoms with Gasteiger partial charge in [-0.15, -0.1) is 23.5 Å². The third-order valence-corrected chi connectivity index (χ3v) is 7.38. The molecule has 2 aromatic carbocycles. The molecule has 164 valence electrons. The highest BCUT2D eigenvalue weighted by molar-refractivity contribution is 8.16. The fourth-order valence-corrected chi connectivity index (χ4v) is 5.36. The molecular weight excluding hydrogens is 424 g/mol. The highest BCUT2D eigenvalue weighted by atomic mass is 32.2. The molecule has 0 amide bonds. The van der Waals surface area contributed by atoms with E-state index in [1.165, 1.54) is 30.4 Å². The van der Waals surface area contributed by atoms with Crippen LogP contribution >= 0.6 is 23.5 Å². The fraction of sp³-hybridized carbons (Fsp3) is 0.409. The van der Waals surface area contributed by atoms with Gasteiger partial charge in [-0.25, -0.2) is 0 Å². The van der Waals surface area contributed by atoms with Crippen LogP contribution in [-0.2, 0) is 21.0 Å². The maximum absolute atomic E-state index is 11.6. The van der Waals surface area contributed by atoms with Crippen LogP contribution in [0.25, 0.3) is 0 Å². The topological polar surface area (TPSA) is 107 Å². The first kappa shape index (κ1) is 24.7. The molecule has 0 bridgehead atoms. The van der Waals surface area contributed by atoms with Crippen molar-refractivity contribution in [2.24, 2.45) is 0 Å². The maximum Gasteiger partial charge on any atom is 0.303 e. The number of rotatable bonds is 12. The first-order chi connectivity index (χ1) is 14.4. The van der Waals surface area contributed by atoms with Crippen LogP contribution in [0, 0.1) is 0 Å². The van der Waals surface area contributed by atoms with Gasteiger partial charge >= 0.3 is 5.97 Å².